The molecule has 0 bridgehead atoms. The van der Waals surface area contributed by atoms with Gasteiger partial charge in [0.15, 0.2) is 5.96 Å². The predicted molar refractivity (Wildman–Crippen MR) is 93.1 cm³/mol. The molecule has 1 aliphatic rings. The highest BCUT2D eigenvalue weighted by atomic mass is 32.1. The number of rotatable bonds is 6. The first kappa shape index (κ1) is 15.0. The summed E-state index contributed by atoms with van der Waals surface area (Å²) in [6.07, 6.45) is 4.82. The lowest BCUT2D eigenvalue weighted by Crippen LogP contribution is -2.34. The van der Waals surface area contributed by atoms with Crippen molar-refractivity contribution in [3.8, 4) is 10.6 Å². The lowest BCUT2D eigenvalue weighted by molar-refractivity contribution is 0.326. The third-order valence-corrected chi connectivity index (χ3v) is 4.94. The van der Waals surface area contributed by atoms with Crippen LogP contribution in [0.1, 0.15) is 25.0 Å². The molecule has 22 heavy (non-hydrogen) atoms. The SMILES string of the molecule is NC(=NCC1CCC1)NCCc1csc(-c2ccccc2)n1. The highest BCUT2D eigenvalue weighted by molar-refractivity contribution is 7.13. The maximum atomic E-state index is 5.88. The van der Waals surface area contributed by atoms with Crippen molar-refractivity contribution < 1.29 is 0 Å². The number of aromatic nitrogens is 1. The van der Waals surface area contributed by atoms with Gasteiger partial charge in [-0.1, -0.05) is 36.8 Å². The number of thiazole rings is 1. The quantitative estimate of drug-likeness (QED) is 0.636. The van der Waals surface area contributed by atoms with Crippen molar-refractivity contribution in [2.24, 2.45) is 16.6 Å². The van der Waals surface area contributed by atoms with Gasteiger partial charge in [-0.3, -0.25) is 4.99 Å². The number of nitrogens with zero attached hydrogens (tertiary/aromatic N) is 2. The number of hydrogen-bond donors (Lipinski definition) is 2. The van der Waals surface area contributed by atoms with Crippen LogP contribution in [0.3, 0.4) is 0 Å². The summed E-state index contributed by atoms with van der Waals surface area (Å²) in [4.78, 5) is 9.07. The van der Waals surface area contributed by atoms with Gasteiger partial charge in [-0.25, -0.2) is 4.98 Å². The molecule has 0 unspecified atom stereocenters. The zero-order chi connectivity index (χ0) is 15.2. The Labute approximate surface area is 135 Å². The van der Waals surface area contributed by atoms with Gasteiger partial charge < -0.3 is 11.1 Å². The van der Waals surface area contributed by atoms with Crippen LogP contribution in [0.4, 0.5) is 0 Å². The van der Waals surface area contributed by atoms with Gasteiger partial charge in [0, 0.05) is 30.5 Å². The molecule has 0 atom stereocenters. The molecule has 0 aliphatic heterocycles. The average molecular weight is 314 g/mol. The van der Waals surface area contributed by atoms with Gasteiger partial charge in [-0.05, 0) is 18.8 Å². The van der Waals surface area contributed by atoms with Crippen LogP contribution < -0.4 is 11.1 Å². The van der Waals surface area contributed by atoms with Gasteiger partial charge in [-0.2, -0.15) is 0 Å². The third-order valence-electron chi connectivity index (χ3n) is 4.00. The molecule has 4 nitrogen and oxygen atoms in total. The monoisotopic (exact) mass is 314 g/mol. The van der Waals surface area contributed by atoms with E-state index in [9.17, 15) is 0 Å². The summed E-state index contributed by atoms with van der Waals surface area (Å²) in [7, 11) is 0. The number of guanidine groups is 1. The minimum Gasteiger partial charge on any atom is -0.370 e. The lowest BCUT2D eigenvalue weighted by atomic mass is 9.86. The van der Waals surface area contributed by atoms with E-state index in [0.717, 1.165) is 36.1 Å². The second kappa shape index (κ2) is 7.40. The fourth-order valence-electron chi connectivity index (χ4n) is 2.41. The van der Waals surface area contributed by atoms with Gasteiger partial charge in [0.25, 0.3) is 0 Å². The minimum atomic E-state index is 0.561. The first-order valence-electron chi connectivity index (χ1n) is 7.85. The molecule has 116 valence electrons. The fraction of sp³-hybridized carbons (Fsp3) is 0.412. The Morgan fingerprint density at radius 2 is 2.14 bits per heavy atom. The van der Waals surface area contributed by atoms with Gasteiger partial charge >= 0.3 is 0 Å². The van der Waals surface area contributed by atoms with Crippen molar-refractivity contribution in [1.29, 1.82) is 0 Å². The van der Waals surface area contributed by atoms with E-state index in [4.69, 9.17) is 5.73 Å². The van der Waals surface area contributed by atoms with E-state index < -0.39 is 0 Å². The average Bonchev–Trinajstić information content (AvgIpc) is 2.95. The van der Waals surface area contributed by atoms with Crippen molar-refractivity contribution in [3.05, 3.63) is 41.4 Å². The van der Waals surface area contributed by atoms with Gasteiger partial charge in [-0.15, -0.1) is 11.3 Å². The molecule has 1 aliphatic carbocycles. The van der Waals surface area contributed by atoms with E-state index in [1.54, 1.807) is 11.3 Å². The summed E-state index contributed by atoms with van der Waals surface area (Å²) in [5.41, 5.74) is 8.16. The van der Waals surface area contributed by atoms with Crippen molar-refractivity contribution in [1.82, 2.24) is 10.3 Å². The van der Waals surface area contributed by atoms with E-state index in [1.165, 1.54) is 24.8 Å². The summed E-state index contributed by atoms with van der Waals surface area (Å²) in [6, 6.07) is 10.3. The van der Waals surface area contributed by atoms with E-state index in [-0.39, 0.29) is 0 Å². The molecule has 1 saturated carbocycles. The molecule has 3 N–H and O–H groups in total. The number of aliphatic imine (C=N–C) groups is 1. The molecule has 1 heterocycles. The number of nitrogens with one attached hydrogen (secondary N) is 1. The van der Waals surface area contributed by atoms with E-state index in [0.29, 0.717) is 5.96 Å². The van der Waals surface area contributed by atoms with Crippen LogP contribution >= 0.6 is 11.3 Å². The van der Waals surface area contributed by atoms with Crippen LogP contribution in [-0.4, -0.2) is 24.0 Å². The minimum absolute atomic E-state index is 0.561. The van der Waals surface area contributed by atoms with Crippen molar-refractivity contribution >= 4 is 17.3 Å². The van der Waals surface area contributed by atoms with Crippen LogP contribution in [0.2, 0.25) is 0 Å². The summed E-state index contributed by atoms with van der Waals surface area (Å²) in [6.45, 7) is 1.64. The smallest absolute Gasteiger partial charge is 0.188 e. The number of nitrogens with two attached hydrogens (primary N) is 1. The summed E-state index contributed by atoms with van der Waals surface area (Å²) in [5, 5.41) is 6.36. The zero-order valence-corrected chi connectivity index (χ0v) is 13.5. The fourth-order valence-corrected chi connectivity index (χ4v) is 3.27. The van der Waals surface area contributed by atoms with Crippen molar-refractivity contribution in [2.45, 2.75) is 25.7 Å². The van der Waals surface area contributed by atoms with Crippen LogP contribution in [0.25, 0.3) is 10.6 Å². The van der Waals surface area contributed by atoms with Crippen molar-refractivity contribution in [3.63, 3.8) is 0 Å². The second-order valence-electron chi connectivity index (χ2n) is 5.71. The molecular formula is C17H22N4S. The standard InChI is InChI=1S/C17H22N4S/c18-17(20-11-13-5-4-6-13)19-10-9-15-12-22-16(21-15)14-7-2-1-3-8-14/h1-3,7-8,12-13H,4-6,9-11H2,(H3,18,19,20). The Kier molecular flexibility index (Phi) is 5.06. The van der Waals surface area contributed by atoms with Gasteiger partial charge in [0.1, 0.15) is 5.01 Å². The summed E-state index contributed by atoms with van der Waals surface area (Å²) >= 11 is 1.69. The largest absolute Gasteiger partial charge is 0.370 e. The number of benzene rings is 1. The first-order valence-corrected chi connectivity index (χ1v) is 8.73. The number of hydrogen-bond acceptors (Lipinski definition) is 3. The summed E-state index contributed by atoms with van der Waals surface area (Å²) in [5.74, 6) is 1.32. The maximum absolute atomic E-state index is 5.88. The molecule has 0 radical (unpaired) electrons. The van der Waals surface area contributed by atoms with Crippen LogP contribution in [0.5, 0.6) is 0 Å². The Balaban J connectivity index is 1.45. The van der Waals surface area contributed by atoms with E-state index >= 15 is 0 Å². The predicted octanol–water partition coefficient (Wildman–Crippen LogP) is 3.06. The molecule has 1 fully saturated rings. The Morgan fingerprint density at radius 1 is 1.32 bits per heavy atom. The van der Waals surface area contributed by atoms with Crippen LogP contribution in [0.15, 0.2) is 40.7 Å². The molecule has 0 spiro atoms. The van der Waals surface area contributed by atoms with Crippen LogP contribution in [0, 0.1) is 5.92 Å². The zero-order valence-electron chi connectivity index (χ0n) is 12.7. The molecular weight excluding hydrogens is 292 g/mol. The van der Waals surface area contributed by atoms with E-state index in [1.807, 2.05) is 18.2 Å². The molecule has 5 heteroatoms. The molecule has 0 saturated heterocycles. The normalized spacial score (nSPS) is 15.5. The van der Waals surface area contributed by atoms with Crippen molar-refractivity contribution in [2.75, 3.05) is 13.1 Å². The third kappa shape index (κ3) is 4.07. The van der Waals surface area contributed by atoms with E-state index in [2.05, 4.69) is 32.8 Å². The molecule has 1 aromatic carbocycles. The summed E-state index contributed by atoms with van der Waals surface area (Å²) < 4.78 is 0. The molecule has 3 rings (SSSR count). The molecule has 0 amide bonds. The van der Waals surface area contributed by atoms with Crippen LogP contribution in [-0.2, 0) is 6.42 Å². The molecule has 2 aromatic rings. The topological polar surface area (TPSA) is 63.3 Å². The second-order valence-corrected chi connectivity index (χ2v) is 6.57. The first-order chi connectivity index (χ1) is 10.8. The molecule has 1 aromatic heterocycles. The van der Waals surface area contributed by atoms with Gasteiger partial charge in [0.2, 0.25) is 0 Å². The maximum Gasteiger partial charge on any atom is 0.188 e. The van der Waals surface area contributed by atoms with Gasteiger partial charge in [0.05, 0.1) is 5.69 Å². The Morgan fingerprint density at radius 3 is 2.86 bits per heavy atom. The highest BCUT2D eigenvalue weighted by Gasteiger charge is 2.16. The Bertz CT molecular complexity index is 617. The highest BCUT2D eigenvalue weighted by Crippen LogP contribution is 2.26. The Hall–Kier alpha value is -1.88. The lowest BCUT2D eigenvalue weighted by Gasteiger charge is -2.23.